The summed E-state index contributed by atoms with van der Waals surface area (Å²) in [6.45, 7) is 6.00. The number of hydrogen-bond acceptors (Lipinski definition) is 4. The number of fused-ring (bicyclic) bond motifs is 2. The summed E-state index contributed by atoms with van der Waals surface area (Å²) in [7, 11) is 0. The van der Waals surface area contributed by atoms with E-state index in [1.54, 1.807) is 16.7 Å². The molecule has 0 amide bonds. The molecule has 1 saturated carbocycles. The van der Waals surface area contributed by atoms with Gasteiger partial charge in [0.15, 0.2) is 5.52 Å². The Morgan fingerprint density at radius 3 is 2.70 bits per heavy atom. The van der Waals surface area contributed by atoms with Gasteiger partial charge < -0.3 is 10.1 Å². The van der Waals surface area contributed by atoms with E-state index < -0.39 is 29.3 Å². The minimum atomic E-state index is -1.03. The second-order valence-corrected chi connectivity index (χ2v) is 9.13. The van der Waals surface area contributed by atoms with Gasteiger partial charge in [-0.3, -0.25) is 18.7 Å². The summed E-state index contributed by atoms with van der Waals surface area (Å²) in [5.74, 6) is -1.02. The fourth-order valence-corrected chi connectivity index (χ4v) is 5.13. The van der Waals surface area contributed by atoms with E-state index in [1.165, 1.54) is 6.20 Å². The Morgan fingerprint density at radius 2 is 2.00 bits per heavy atom. The van der Waals surface area contributed by atoms with E-state index in [0.717, 1.165) is 45.0 Å². The number of aromatic amines is 1. The summed E-state index contributed by atoms with van der Waals surface area (Å²) in [6.07, 6.45) is 4.77. The fraction of sp³-hybridized carbons (Fsp3) is 0.360. The van der Waals surface area contributed by atoms with Crippen molar-refractivity contribution in [2.75, 3.05) is 0 Å². The van der Waals surface area contributed by atoms with Crippen molar-refractivity contribution in [1.29, 1.82) is 0 Å². The highest BCUT2D eigenvalue weighted by Crippen LogP contribution is 2.40. The summed E-state index contributed by atoms with van der Waals surface area (Å²) in [6, 6.07) is 6.51. The molecule has 170 valence electrons. The first-order valence-electron chi connectivity index (χ1n) is 11.2. The molecule has 1 fully saturated rings. The minimum absolute atomic E-state index is 0.00901. The normalized spacial score (nSPS) is 15.7. The number of H-pyrrole nitrogens is 1. The van der Waals surface area contributed by atoms with Crippen LogP contribution in [0.4, 0.5) is 0 Å². The van der Waals surface area contributed by atoms with E-state index in [-0.39, 0.29) is 17.9 Å². The number of pyridine rings is 1. The first-order valence-corrected chi connectivity index (χ1v) is 11.2. The standard InChI is InChI=1S/C25H26N4O4/c1-13-9-14(2)22-17(12-27-18(22)10-13)15(3)28-19-5-4-8-26-23(19)24(32)29(25(28)33)20(11-21(30)31)16-6-7-16/h4-5,8-10,12,15-16,20,27H,6-7,11H2,1-3H3,(H,30,31). The van der Waals surface area contributed by atoms with Gasteiger partial charge in [0.1, 0.15) is 0 Å². The monoisotopic (exact) mass is 446 g/mol. The van der Waals surface area contributed by atoms with Gasteiger partial charge >= 0.3 is 11.7 Å². The number of aromatic nitrogens is 4. The third-order valence-electron chi connectivity index (χ3n) is 6.75. The van der Waals surface area contributed by atoms with Gasteiger partial charge in [0, 0.05) is 28.9 Å². The largest absolute Gasteiger partial charge is 0.481 e. The zero-order chi connectivity index (χ0) is 23.4. The van der Waals surface area contributed by atoms with E-state index in [9.17, 15) is 19.5 Å². The van der Waals surface area contributed by atoms with Crippen molar-refractivity contribution in [1.82, 2.24) is 19.1 Å². The summed E-state index contributed by atoms with van der Waals surface area (Å²) in [5, 5.41) is 10.5. The number of aliphatic carboxylic acids is 1. The van der Waals surface area contributed by atoms with Crippen LogP contribution in [0.3, 0.4) is 0 Å². The molecule has 2 unspecified atom stereocenters. The molecule has 2 N–H and O–H groups in total. The molecule has 0 radical (unpaired) electrons. The molecule has 3 aromatic heterocycles. The van der Waals surface area contributed by atoms with E-state index in [2.05, 4.69) is 22.1 Å². The Bertz CT molecular complexity index is 1520. The van der Waals surface area contributed by atoms with Crippen LogP contribution in [0.15, 0.2) is 46.2 Å². The number of carboxylic acids is 1. The maximum Gasteiger partial charge on any atom is 0.332 e. The van der Waals surface area contributed by atoms with Crippen LogP contribution >= 0.6 is 0 Å². The summed E-state index contributed by atoms with van der Waals surface area (Å²) < 4.78 is 2.73. The highest BCUT2D eigenvalue weighted by molar-refractivity contribution is 5.88. The Kier molecular flexibility index (Phi) is 4.96. The van der Waals surface area contributed by atoms with Gasteiger partial charge in [-0.25, -0.2) is 9.78 Å². The zero-order valence-electron chi connectivity index (χ0n) is 18.8. The van der Waals surface area contributed by atoms with Crippen molar-refractivity contribution in [3.05, 3.63) is 74.2 Å². The predicted octanol–water partition coefficient (Wildman–Crippen LogP) is 3.69. The molecular formula is C25H26N4O4. The van der Waals surface area contributed by atoms with Crippen LogP contribution in [0.2, 0.25) is 0 Å². The maximum absolute atomic E-state index is 13.9. The summed E-state index contributed by atoms with van der Waals surface area (Å²) in [5.41, 5.74) is 3.75. The third kappa shape index (κ3) is 3.46. The second kappa shape index (κ2) is 7.72. The first kappa shape index (κ1) is 21.2. The van der Waals surface area contributed by atoms with Crippen molar-refractivity contribution in [3.63, 3.8) is 0 Å². The Balaban J connectivity index is 1.79. The van der Waals surface area contributed by atoms with Crippen LogP contribution < -0.4 is 11.2 Å². The maximum atomic E-state index is 13.9. The van der Waals surface area contributed by atoms with Gasteiger partial charge in [-0.2, -0.15) is 0 Å². The number of rotatable bonds is 6. The number of carbonyl (C=O) groups is 1. The molecule has 0 saturated heterocycles. The molecule has 0 spiro atoms. The van der Waals surface area contributed by atoms with Crippen LogP contribution in [0, 0.1) is 19.8 Å². The molecule has 4 aromatic rings. The molecular weight excluding hydrogens is 420 g/mol. The molecule has 0 bridgehead atoms. The molecule has 3 heterocycles. The lowest BCUT2D eigenvalue weighted by atomic mass is 10.0. The van der Waals surface area contributed by atoms with Crippen molar-refractivity contribution < 1.29 is 9.90 Å². The summed E-state index contributed by atoms with van der Waals surface area (Å²) in [4.78, 5) is 46.4. The van der Waals surface area contributed by atoms with E-state index in [0.29, 0.717) is 5.52 Å². The van der Waals surface area contributed by atoms with E-state index in [4.69, 9.17) is 0 Å². The zero-order valence-corrected chi connectivity index (χ0v) is 18.8. The second-order valence-electron chi connectivity index (χ2n) is 9.13. The van der Waals surface area contributed by atoms with Gasteiger partial charge in [-0.1, -0.05) is 6.07 Å². The quantitative estimate of drug-likeness (QED) is 0.469. The lowest BCUT2D eigenvalue weighted by molar-refractivity contribution is -0.138. The molecule has 1 aliphatic rings. The van der Waals surface area contributed by atoms with Crippen LogP contribution in [-0.2, 0) is 4.79 Å². The molecule has 33 heavy (non-hydrogen) atoms. The van der Waals surface area contributed by atoms with Gasteiger partial charge in [0.2, 0.25) is 0 Å². The number of nitrogens with one attached hydrogen (secondary N) is 1. The summed E-state index contributed by atoms with van der Waals surface area (Å²) >= 11 is 0. The Hall–Kier alpha value is -3.68. The van der Waals surface area contributed by atoms with Gasteiger partial charge in [-0.15, -0.1) is 0 Å². The van der Waals surface area contributed by atoms with E-state index in [1.807, 2.05) is 27.0 Å². The Morgan fingerprint density at radius 1 is 1.24 bits per heavy atom. The van der Waals surface area contributed by atoms with Crippen LogP contribution in [0.1, 0.15) is 55.0 Å². The molecule has 1 aromatic carbocycles. The predicted molar refractivity (Wildman–Crippen MR) is 126 cm³/mol. The highest BCUT2D eigenvalue weighted by Gasteiger charge is 2.37. The van der Waals surface area contributed by atoms with E-state index >= 15 is 0 Å². The van der Waals surface area contributed by atoms with Crippen LogP contribution in [-0.4, -0.2) is 30.2 Å². The lowest BCUT2D eigenvalue weighted by Crippen LogP contribution is -2.44. The molecule has 5 rings (SSSR count). The fourth-order valence-electron chi connectivity index (χ4n) is 5.13. The van der Waals surface area contributed by atoms with Gasteiger partial charge in [0.25, 0.3) is 5.56 Å². The molecule has 2 atom stereocenters. The topological polar surface area (TPSA) is 110 Å². The molecule has 1 aliphatic carbocycles. The molecule has 8 nitrogen and oxygen atoms in total. The first-order chi connectivity index (χ1) is 15.8. The number of hydrogen-bond donors (Lipinski definition) is 2. The smallest absolute Gasteiger partial charge is 0.332 e. The average molecular weight is 447 g/mol. The minimum Gasteiger partial charge on any atom is -0.481 e. The SMILES string of the molecule is Cc1cc(C)c2c(C(C)n3c(=O)n(C(CC(=O)O)C4CC4)c(=O)c4ncccc43)c[nH]c2c1. The highest BCUT2D eigenvalue weighted by atomic mass is 16.4. The van der Waals surface area contributed by atoms with Crippen molar-refractivity contribution in [3.8, 4) is 0 Å². The van der Waals surface area contributed by atoms with Crippen LogP contribution in [0.25, 0.3) is 21.9 Å². The van der Waals surface area contributed by atoms with Gasteiger partial charge in [-0.05, 0) is 68.9 Å². The third-order valence-corrected chi connectivity index (χ3v) is 6.75. The number of benzene rings is 1. The number of nitrogens with zero attached hydrogens (tertiary/aromatic N) is 3. The van der Waals surface area contributed by atoms with Crippen molar-refractivity contribution >= 4 is 27.9 Å². The molecule has 8 heteroatoms. The molecule has 0 aliphatic heterocycles. The lowest BCUT2D eigenvalue weighted by Gasteiger charge is -2.23. The van der Waals surface area contributed by atoms with Crippen LogP contribution in [0.5, 0.6) is 0 Å². The van der Waals surface area contributed by atoms with Gasteiger partial charge in [0.05, 0.1) is 24.0 Å². The number of aryl methyl sites for hydroxylation is 2. The van der Waals surface area contributed by atoms with Crippen molar-refractivity contribution in [2.24, 2.45) is 5.92 Å². The number of carboxylic acid groups (broad SMARTS) is 1. The average Bonchev–Trinajstić information content (AvgIpc) is 3.51. The Labute approximate surface area is 189 Å². The van der Waals surface area contributed by atoms with Crippen molar-refractivity contribution in [2.45, 2.75) is 52.1 Å².